The topological polar surface area (TPSA) is 171 Å². The molecule has 0 radical (unpaired) electrons. The predicted octanol–water partition coefficient (Wildman–Crippen LogP) is 7.04. The first kappa shape index (κ1) is 39.3. The van der Waals surface area contributed by atoms with Crippen molar-refractivity contribution in [1.29, 1.82) is 5.26 Å². The Morgan fingerprint density at radius 1 is 1.15 bits per heavy atom. The van der Waals surface area contributed by atoms with Crippen LogP contribution in [0.1, 0.15) is 76.8 Å². The summed E-state index contributed by atoms with van der Waals surface area (Å²) in [5.74, 6) is 1.14. The van der Waals surface area contributed by atoms with Crippen molar-refractivity contribution < 1.29 is 32.2 Å². The van der Waals surface area contributed by atoms with E-state index in [1.54, 1.807) is 40.1 Å². The van der Waals surface area contributed by atoms with Crippen LogP contribution >= 0.6 is 23.2 Å². The molecule has 5 heterocycles. The summed E-state index contributed by atoms with van der Waals surface area (Å²) < 4.78 is 49.9. The lowest BCUT2D eigenvalue weighted by atomic mass is 9.86. The second-order valence-corrected chi connectivity index (χ2v) is 17.8. The van der Waals surface area contributed by atoms with Crippen molar-refractivity contribution in [2.45, 2.75) is 76.9 Å². The average molecular weight is 801 g/mol. The monoisotopic (exact) mass is 799 g/mol. The molecule has 1 amide bonds. The Balaban J connectivity index is 1.36. The molecule has 1 N–H and O–H groups in total. The Morgan fingerprint density at radius 2 is 1.87 bits per heavy atom. The number of pyridine rings is 2. The molecular formula is C37H43Cl2N7O7S. The van der Waals surface area contributed by atoms with Gasteiger partial charge in [-0.2, -0.15) is 10.4 Å². The molecule has 2 atom stereocenters. The number of carbonyl (C=O) groups is 1. The van der Waals surface area contributed by atoms with E-state index in [1.165, 1.54) is 12.4 Å². The van der Waals surface area contributed by atoms with Crippen LogP contribution in [0.5, 0.6) is 11.5 Å². The largest absolute Gasteiger partial charge is 0.493 e. The normalized spacial score (nSPS) is 17.7. The van der Waals surface area contributed by atoms with E-state index in [0.717, 1.165) is 31.0 Å². The minimum absolute atomic E-state index is 0.132. The van der Waals surface area contributed by atoms with Gasteiger partial charge < -0.3 is 29.2 Å². The van der Waals surface area contributed by atoms with Gasteiger partial charge in [0.2, 0.25) is 0 Å². The summed E-state index contributed by atoms with van der Waals surface area (Å²) in [4.78, 5) is 23.4. The molecule has 3 aromatic heterocycles. The minimum Gasteiger partial charge on any atom is -0.493 e. The lowest BCUT2D eigenvalue weighted by molar-refractivity contribution is -0.0365. The summed E-state index contributed by atoms with van der Waals surface area (Å²) in [6, 6.07) is 7.67. The van der Waals surface area contributed by atoms with Crippen LogP contribution in [-0.2, 0) is 19.3 Å². The van der Waals surface area contributed by atoms with E-state index in [-0.39, 0.29) is 37.1 Å². The fourth-order valence-electron chi connectivity index (χ4n) is 6.76. The second kappa shape index (κ2) is 15.4. The van der Waals surface area contributed by atoms with Gasteiger partial charge in [-0.1, -0.05) is 23.2 Å². The molecule has 4 aromatic rings. The van der Waals surface area contributed by atoms with E-state index in [1.807, 2.05) is 28.6 Å². The highest BCUT2D eigenvalue weighted by atomic mass is 35.5. The third-order valence-corrected chi connectivity index (χ3v) is 10.8. The highest BCUT2D eigenvalue weighted by molar-refractivity contribution is 7.90. The molecule has 2 fully saturated rings. The van der Waals surface area contributed by atoms with E-state index >= 15 is 0 Å². The van der Waals surface area contributed by atoms with Gasteiger partial charge in [0.1, 0.15) is 39.1 Å². The summed E-state index contributed by atoms with van der Waals surface area (Å²) in [5, 5.41) is 19.7. The number of nitrogens with zero attached hydrogens (tertiary/aromatic N) is 6. The number of halogens is 2. The van der Waals surface area contributed by atoms with E-state index < -0.39 is 33.2 Å². The predicted molar refractivity (Wildman–Crippen MR) is 205 cm³/mol. The number of hydrogen-bond donors (Lipinski definition) is 1. The molecule has 0 saturated carbocycles. The van der Waals surface area contributed by atoms with Gasteiger partial charge in [-0.05, 0) is 65.5 Å². The zero-order chi connectivity index (χ0) is 39.0. The van der Waals surface area contributed by atoms with Gasteiger partial charge in [0.25, 0.3) is 0 Å². The molecule has 17 heteroatoms. The number of rotatable bonds is 11. The maximum atomic E-state index is 12.8. The zero-order valence-corrected chi connectivity index (χ0v) is 33.3. The first-order valence-electron chi connectivity index (χ1n) is 17.5. The Morgan fingerprint density at radius 3 is 2.48 bits per heavy atom. The van der Waals surface area contributed by atoms with Gasteiger partial charge in [-0.15, -0.1) is 0 Å². The van der Waals surface area contributed by atoms with Gasteiger partial charge in [0, 0.05) is 67.1 Å². The molecule has 2 aliphatic rings. The number of carbonyl (C=O) groups excluding carboxylic acids is 1. The van der Waals surface area contributed by atoms with Crippen molar-refractivity contribution in [3.05, 3.63) is 58.0 Å². The highest BCUT2D eigenvalue weighted by Gasteiger charge is 2.46. The second-order valence-electron chi connectivity index (χ2n) is 14.8. The number of anilines is 1. The van der Waals surface area contributed by atoms with E-state index in [9.17, 15) is 18.5 Å². The number of aromatic nitrogens is 4. The summed E-state index contributed by atoms with van der Waals surface area (Å²) in [7, 11) is -1.76. The summed E-state index contributed by atoms with van der Waals surface area (Å²) >= 11 is 12.9. The number of ether oxygens (including phenoxy) is 4. The van der Waals surface area contributed by atoms with Crippen molar-refractivity contribution in [3.63, 3.8) is 0 Å². The molecule has 1 aromatic carbocycles. The van der Waals surface area contributed by atoms with Crippen LogP contribution in [0, 0.1) is 11.3 Å². The van der Waals surface area contributed by atoms with Crippen molar-refractivity contribution in [2.24, 2.45) is 0 Å². The molecular weight excluding hydrogens is 757 g/mol. The molecule has 288 valence electrons. The number of nitrogens with one attached hydrogen (secondary N) is 1. The average Bonchev–Trinajstić information content (AvgIpc) is 3.46. The number of benzene rings is 1. The molecule has 0 bridgehead atoms. The number of alkyl carbamates (subject to hydrolysis) is 1. The molecule has 2 saturated heterocycles. The number of amides is 1. The molecule has 0 aliphatic carbocycles. The van der Waals surface area contributed by atoms with Crippen molar-refractivity contribution in [1.82, 2.24) is 25.1 Å². The summed E-state index contributed by atoms with van der Waals surface area (Å²) in [5.41, 5.74) is 1.08. The summed E-state index contributed by atoms with van der Waals surface area (Å²) in [6.07, 6.45) is 7.14. The highest BCUT2D eigenvalue weighted by Crippen LogP contribution is 2.43. The van der Waals surface area contributed by atoms with Gasteiger partial charge in [0.15, 0.2) is 17.7 Å². The Hall–Kier alpha value is -4.36. The van der Waals surface area contributed by atoms with Crippen molar-refractivity contribution >= 4 is 55.9 Å². The van der Waals surface area contributed by atoms with Gasteiger partial charge in [0.05, 0.1) is 39.5 Å². The fourth-order valence-corrected chi connectivity index (χ4v) is 8.19. The lowest BCUT2D eigenvalue weighted by Gasteiger charge is -2.51. The Kier molecular flexibility index (Phi) is 11.2. The first-order valence-corrected chi connectivity index (χ1v) is 20.3. The molecule has 2 aliphatic heterocycles. The fraction of sp³-hybridized carbons (Fsp3) is 0.486. The van der Waals surface area contributed by atoms with Crippen molar-refractivity contribution in [3.8, 4) is 28.8 Å². The first-order chi connectivity index (χ1) is 25.5. The van der Waals surface area contributed by atoms with Crippen LogP contribution < -0.4 is 19.7 Å². The van der Waals surface area contributed by atoms with Crippen LogP contribution in [0.15, 0.2) is 36.8 Å². The maximum absolute atomic E-state index is 12.8. The van der Waals surface area contributed by atoms with Crippen LogP contribution in [0.3, 0.4) is 0 Å². The Bertz CT molecular complexity index is 2190. The molecule has 1 unspecified atom stereocenters. The van der Waals surface area contributed by atoms with Crippen molar-refractivity contribution in [2.75, 3.05) is 43.7 Å². The number of nitriles is 1. The minimum atomic E-state index is -3.32. The Labute approximate surface area is 324 Å². The van der Waals surface area contributed by atoms with Gasteiger partial charge in [-0.25, -0.2) is 22.9 Å². The standard InChI is InChI=1S/C37H43Cl2N7O7S/c1-22(32-26(38)18-41-19-27(32)39)52-30-14-25-28(15-29(30)50-5)46(31-9-7-8-11-51-31)44-33(25)24-13-23(16-40)34(42-17-24)45-20-37(21-45,10-12-54(6,48)49)43-35(47)53-36(2,3)4/h13-15,17-19,22,31H,7-12,20-21H2,1-6H3,(H,43,47)/t22-,31?/m1/s1. The number of fused-ring (bicyclic) bond motifs is 1. The molecule has 14 nitrogen and oxygen atoms in total. The summed E-state index contributed by atoms with van der Waals surface area (Å²) in [6.45, 7) is 8.13. The van der Waals surface area contributed by atoms with Gasteiger partial charge in [-0.3, -0.25) is 4.98 Å². The number of methoxy groups -OCH3 is 1. The van der Waals surface area contributed by atoms with E-state index in [2.05, 4.69) is 16.4 Å². The van der Waals surface area contributed by atoms with Crippen LogP contribution in [0.25, 0.3) is 22.2 Å². The van der Waals surface area contributed by atoms with Crippen LogP contribution in [0.2, 0.25) is 10.0 Å². The van der Waals surface area contributed by atoms with E-state index in [4.69, 9.17) is 52.2 Å². The van der Waals surface area contributed by atoms with E-state index in [0.29, 0.717) is 56.2 Å². The third kappa shape index (κ3) is 8.62. The third-order valence-electron chi connectivity index (χ3n) is 9.29. The van der Waals surface area contributed by atoms with Gasteiger partial charge >= 0.3 is 6.09 Å². The smallest absolute Gasteiger partial charge is 0.408 e. The molecule has 6 rings (SSSR count). The lowest BCUT2D eigenvalue weighted by Crippen LogP contribution is -2.71. The maximum Gasteiger partial charge on any atom is 0.408 e. The van der Waals surface area contributed by atoms with Crippen LogP contribution in [0.4, 0.5) is 10.6 Å². The zero-order valence-electron chi connectivity index (χ0n) is 31.0. The SMILES string of the molecule is COc1cc2c(cc1O[C@H](C)c1c(Cl)cncc1Cl)c(-c1cnc(N3CC(CCS(C)(=O)=O)(NC(=O)OC(C)(C)C)C3)c(C#N)c1)nn2C1CCCCO1. The number of sulfone groups is 1. The van der Waals surface area contributed by atoms with Crippen LogP contribution in [-0.4, -0.2) is 84.2 Å². The molecule has 54 heavy (non-hydrogen) atoms. The molecule has 0 spiro atoms. The number of hydrogen-bond acceptors (Lipinski definition) is 12. The quantitative estimate of drug-likeness (QED) is 0.164.